The van der Waals surface area contributed by atoms with Crippen molar-refractivity contribution >= 4 is 0 Å². The smallest absolute Gasteiger partial charge is 0.416 e. The summed E-state index contributed by atoms with van der Waals surface area (Å²) in [5.74, 6) is 0.497. The highest BCUT2D eigenvalue weighted by molar-refractivity contribution is 5.29. The van der Waals surface area contributed by atoms with Crippen LogP contribution >= 0.6 is 0 Å². The van der Waals surface area contributed by atoms with Crippen molar-refractivity contribution < 1.29 is 17.9 Å². The van der Waals surface area contributed by atoms with Crippen LogP contribution in [0.25, 0.3) is 0 Å². The van der Waals surface area contributed by atoms with E-state index in [1.165, 1.54) is 12.1 Å². The van der Waals surface area contributed by atoms with Crippen molar-refractivity contribution in [3.63, 3.8) is 0 Å². The fraction of sp³-hybridized carbons (Fsp3) is 0.333. The minimum Gasteiger partial charge on any atom is -0.490 e. The minimum absolute atomic E-state index is 0.0830. The molecule has 0 aliphatic heterocycles. The number of nitrogens with two attached hydrogens (primary N) is 1. The molecule has 0 spiro atoms. The minimum atomic E-state index is -4.34. The van der Waals surface area contributed by atoms with Crippen LogP contribution in [-0.4, -0.2) is 12.6 Å². The molecule has 0 radical (unpaired) electrons. The Kier molecular flexibility index (Phi) is 5.66. The Hall–Kier alpha value is -2.01. The van der Waals surface area contributed by atoms with Crippen molar-refractivity contribution in [2.45, 2.75) is 25.6 Å². The summed E-state index contributed by atoms with van der Waals surface area (Å²) in [6.07, 6.45) is -3.77. The molecule has 2 N–H and O–H groups in total. The van der Waals surface area contributed by atoms with Gasteiger partial charge in [0.1, 0.15) is 11.9 Å². The molecule has 2 aromatic rings. The summed E-state index contributed by atoms with van der Waals surface area (Å²) in [7, 11) is 0. The highest BCUT2D eigenvalue weighted by Crippen LogP contribution is 2.30. The summed E-state index contributed by atoms with van der Waals surface area (Å²) in [4.78, 5) is 0. The number of hydrogen-bond acceptors (Lipinski definition) is 2. The van der Waals surface area contributed by atoms with Gasteiger partial charge in [-0.15, -0.1) is 0 Å². The van der Waals surface area contributed by atoms with E-state index in [9.17, 15) is 13.2 Å². The first-order valence-corrected chi connectivity index (χ1v) is 7.48. The summed E-state index contributed by atoms with van der Waals surface area (Å²) in [5.41, 5.74) is 6.30. The van der Waals surface area contributed by atoms with Gasteiger partial charge in [0, 0.05) is 5.92 Å². The zero-order valence-electron chi connectivity index (χ0n) is 12.9. The standard InChI is InChI=1S/C18H20F3NO/c1-13(15(12-22)11-14-5-3-2-4-6-14)23-17-9-7-16(8-10-17)18(19,20)21/h2-10,13,15H,11-12,22H2,1H3. The van der Waals surface area contributed by atoms with Gasteiger partial charge in [-0.3, -0.25) is 0 Å². The second kappa shape index (κ2) is 7.51. The number of halogens is 3. The fourth-order valence-corrected chi connectivity index (χ4v) is 2.39. The number of alkyl halides is 3. The van der Waals surface area contributed by atoms with Gasteiger partial charge in [-0.2, -0.15) is 13.2 Å². The highest BCUT2D eigenvalue weighted by atomic mass is 19.4. The van der Waals surface area contributed by atoms with E-state index in [1.807, 2.05) is 37.3 Å². The Balaban J connectivity index is 2.00. The van der Waals surface area contributed by atoms with E-state index < -0.39 is 11.7 Å². The second-order valence-corrected chi connectivity index (χ2v) is 5.53. The first-order valence-electron chi connectivity index (χ1n) is 7.48. The normalized spacial score (nSPS) is 14.3. The lowest BCUT2D eigenvalue weighted by Crippen LogP contribution is -2.31. The molecule has 0 aliphatic rings. The van der Waals surface area contributed by atoms with Gasteiger partial charge in [-0.1, -0.05) is 30.3 Å². The second-order valence-electron chi connectivity index (χ2n) is 5.53. The molecule has 0 aromatic heterocycles. The Labute approximate surface area is 134 Å². The molecule has 0 saturated carbocycles. The van der Waals surface area contributed by atoms with Crippen LogP contribution in [0.2, 0.25) is 0 Å². The predicted molar refractivity (Wildman–Crippen MR) is 84.2 cm³/mol. The molecule has 0 heterocycles. The van der Waals surface area contributed by atoms with Gasteiger partial charge in [0.05, 0.1) is 5.56 Å². The van der Waals surface area contributed by atoms with Crippen LogP contribution < -0.4 is 10.5 Å². The molecule has 2 rings (SSSR count). The molecule has 0 bridgehead atoms. The molecule has 0 amide bonds. The Morgan fingerprint density at radius 2 is 1.61 bits per heavy atom. The maximum atomic E-state index is 12.5. The van der Waals surface area contributed by atoms with Gasteiger partial charge in [0.25, 0.3) is 0 Å². The van der Waals surface area contributed by atoms with E-state index in [1.54, 1.807) is 0 Å². The first kappa shape index (κ1) is 17.3. The highest BCUT2D eigenvalue weighted by Gasteiger charge is 2.30. The van der Waals surface area contributed by atoms with E-state index in [4.69, 9.17) is 10.5 Å². The topological polar surface area (TPSA) is 35.2 Å². The molecule has 2 atom stereocenters. The molecule has 2 nitrogen and oxygen atoms in total. The summed E-state index contributed by atoms with van der Waals surface area (Å²) in [5, 5.41) is 0. The number of benzene rings is 2. The number of rotatable bonds is 6. The van der Waals surface area contributed by atoms with Gasteiger partial charge < -0.3 is 10.5 Å². The molecule has 23 heavy (non-hydrogen) atoms. The maximum Gasteiger partial charge on any atom is 0.416 e. The monoisotopic (exact) mass is 323 g/mol. The summed E-state index contributed by atoms with van der Waals surface area (Å²) >= 11 is 0. The number of hydrogen-bond donors (Lipinski definition) is 1. The van der Waals surface area contributed by atoms with Crippen LogP contribution in [0, 0.1) is 5.92 Å². The molecule has 0 fully saturated rings. The first-order chi connectivity index (χ1) is 10.9. The Morgan fingerprint density at radius 1 is 1.00 bits per heavy atom. The van der Waals surface area contributed by atoms with E-state index in [0.29, 0.717) is 12.3 Å². The van der Waals surface area contributed by atoms with E-state index in [2.05, 4.69) is 0 Å². The lowest BCUT2D eigenvalue weighted by Gasteiger charge is -2.24. The molecule has 2 unspecified atom stereocenters. The van der Waals surface area contributed by atoms with Crippen molar-refractivity contribution in [3.05, 3.63) is 65.7 Å². The van der Waals surface area contributed by atoms with E-state index in [0.717, 1.165) is 24.1 Å². The molecule has 0 aliphatic carbocycles. The van der Waals surface area contributed by atoms with Crippen molar-refractivity contribution in [1.82, 2.24) is 0 Å². The lowest BCUT2D eigenvalue weighted by atomic mass is 9.95. The van der Waals surface area contributed by atoms with Crippen LogP contribution in [0.5, 0.6) is 5.75 Å². The average molecular weight is 323 g/mol. The fourth-order valence-electron chi connectivity index (χ4n) is 2.39. The van der Waals surface area contributed by atoms with Crippen LogP contribution in [0.3, 0.4) is 0 Å². The zero-order chi connectivity index (χ0) is 16.9. The molecular formula is C18H20F3NO. The van der Waals surface area contributed by atoms with Gasteiger partial charge >= 0.3 is 6.18 Å². The van der Waals surface area contributed by atoms with Crippen molar-refractivity contribution in [1.29, 1.82) is 0 Å². The molecule has 0 saturated heterocycles. The van der Waals surface area contributed by atoms with Crippen LogP contribution in [0.15, 0.2) is 54.6 Å². The molecule has 5 heteroatoms. The van der Waals surface area contributed by atoms with Crippen LogP contribution in [0.4, 0.5) is 13.2 Å². The SMILES string of the molecule is CC(Oc1ccc(C(F)(F)F)cc1)C(CN)Cc1ccccc1. The summed E-state index contributed by atoms with van der Waals surface area (Å²) in [6, 6.07) is 14.6. The molecule has 2 aromatic carbocycles. The summed E-state index contributed by atoms with van der Waals surface area (Å²) < 4.78 is 43.4. The third-order valence-electron chi connectivity index (χ3n) is 3.81. The maximum absolute atomic E-state index is 12.5. The van der Waals surface area contributed by atoms with Crippen molar-refractivity contribution in [3.8, 4) is 5.75 Å². The zero-order valence-corrected chi connectivity index (χ0v) is 12.9. The van der Waals surface area contributed by atoms with E-state index >= 15 is 0 Å². The predicted octanol–water partition coefficient (Wildman–Crippen LogP) is 4.29. The van der Waals surface area contributed by atoms with Gasteiger partial charge in [-0.05, 0) is 49.7 Å². The van der Waals surface area contributed by atoms with Crippen LogP contribution in [-0.2, 0) is 12.6 Å². The average Bonchev–Trinajstić information content (AvgIpc) is 2.53. The van der Waals surface area contributed by atoms with Gasteiger partial charge in [-0.25, -0.2) is 0 Å². The number of ether oxygens (including phenoxy) is 1. The van der Waals surface area contributed by atoms with Gasteiger partial charge in [0.2, 0.25) is 0 Å². The third kappa shape index (κ3) is 4.99. The van der Waals surface area contributed by atoms with Crippen molar-refractivity contribution in [2.24, 2.45) is 11.7 Å². The Bertz CT molecular complexity index is 596. The summed E-state index contributed by atoms with van der Waals surface area (Å²) in [6.45, 7) is 2.33. The lowest BCUT2D eigenvalue weighted by molar-refractivity contribution is -0.137. The molecule has 124 valence electrons. The largest absolute Gasteiger partial charge is 0.490 e. The third-order valence-corrected chi connectivity index (χ3v) is 3.81. The van der Waals surface area contributed by atoms with Crippen LogP contribution in [0.1, 0.15) is 18.1 Å². The molecular weight excluding hydrogens is 303 g/mol. The quantitative estimate of drug-likeness (QED) is 0.860. The van der Waals surface area contributed by atoms with Crippen molar-refractivity contribution in [2.75, 3.05) is 6.54 Å². The van der Waals surface area contributed by atoms with Gasteiger partial charge in [0.15, 0.2) is 0 Å². The van der Waals surface area contributed by atoms with E-state index in [-0.39, 0.29) is 12.0 Å². The Morgan fingerprint density at radius 3 is 2.13 bits per heavy atom.